The van der Waals surface area contributed by atoms with Crippen LogP contribution in [-0.2, 0) is 19.1 Å². The number of furan rings is 1. The lowest BCUT2D eigenvalue weighted by Gasteiger charge is -2.54. The van der Waals surface area contributed by atoms with Crippen molar-refractivity contribution in [1.82, 2.24) is 0 Å². The number of rotatable bonds is 2. The molecule has 1 saturated carbocycles. The van der Waals surface area contributed by atoms with E-state index >= 15 is 0 Å². The van der Waals surface area contributed by atoms with Crippen molar-refractivity contribution in [3.63, 3.8) is 0 Å². The van der Waals surface area contributed by atoms with Crippen molar-refractivity contribution >= 4 is 11.9 Å². The molecule has 1 spiro atoms. The van der Waals surface area contributed by atoms with Gasteiger partial charge in [0.05, 0.1) is 36.1 Å². The Labute approximate surface area is 155 Å². The van der Waals surface area contributed by atoms with Crippen molar-refractivity contribution in [2.75, 3.05) is 6.61 Å². The molecule has 2 saturated heterocycles. The lowest BCUT2D eigenvalue weighted by atomic mass is 9.47. The molecule has 0 aromatic carbocycles. The first-order chi connectivity index (χ1) is 12.9. The zero-order chi connectivity index (χ0) is 19.0. The molecule has 1 aromatic heterocycles. The van der Waals surface area contributed by atoms with Gasteiger partial charge < -0.3 is 24.1 Å². The number of ether oxygens (including phenoxy) is 2. The molecule has 4 aliphatic rings. The summed E-state index contributed by atoms with van der Waals surface area (Å²) in [5.41, 5.74) is -0.470. The second-order valence-electron chi connectivity index (χ2n) is 7.96. The first-order valence-corrected chi connectivity index (χ1v) is 9.07. The Kier molecular flexibility index (Phi) is 3.31. The fraction of sp³-hybridized carbons (Fsp3) is 0.500. The van der Waals surface area contributed by atoms with E-state index in [0.29, 0.717) is 12.0 Å². The van der Waals surface area contributed by atoms with Crippen LogP contribution in [0.2, 0.25) is 0 Å². The second kappa shape index (κ2) is 5.33. The van der Waals surface area contributed by atoms with Gasteiger partial charge in [-0.1, -0.05) is 12.2 Å². The Morgan fingerprint density at radius 3 is 2.81 bits per heavy atom. The highest BCUT2D eigenvalue weighted by molar-refractivity contribution is 5.95. The van der Waals surface area contributed by atoms with E-state index in [0.717, 1.165) is 5.56 Å². The summed E-state index contributed by atoms with van der Waals surface area (Å²) >= 11 is 0. The van der Waals surface area contributed by atoms with Crippen molar-refractivity contribution in [3.05, 3.63) is 48.0 Å². The summed E-state index contributed by atoms with van der Waals surface area (Å²) in [5.74, 6) is -1.50. The van der Waals surface area contributed by atoms with Gasteiger partial charge in [-0.15, -0.1) is 0 Å². The predicted molar refractivity (Wildman–Crippen MR) is 89.9 cm³/mol. The largest absolute Gasteiger partial charge is 0.472 e. The van der Waals surface area contributed by atoms with Gasteiger partial charge in [0, 0.05) is 24.0 Å². The number of aliphatic hydroxyl groups is 2. The molecule has 6 atom stereocenters. The van der Waals surface area contributed by atoms with E-state index in [9.17, 15) is 19.8 Å². The Bertz CT molecular complexity index is 869. The van der Waals surface area contributed by atoms with E-state index in [1.165, 1.54) is 18.6 Å². The quantitative estimate of drug-likeness (QED) is 0.597. The van der Waals surface area contributed by atoms with Crippen LogP contribution < -0.4 is 0 Å². The fourth-order valence-corrected chi connectivity index (χ4v) is 5.69. The van der Waals surface area contributed by atoms with Crippen molar-refractivity contribution < 1.29 is 33.7 Å². The molecule has 3 fully saturated rings. The average Bonchev–Trinajstić information content (AvgIpc) is 3.33. The SMILES string of the molecule is C=C1C[C@H]2OC(=O)C3=C[C@@H](O)C[C@H]([C@@]14C[C@@H](c1ccoc1)OC4=O)[C@]32CO. The first-order valence-electron chi connectivity index (χ1n) is 9.07. The van der Waals surface area contributed by atoms with Crippen LogP contribution in [0.4, 0.5) is 0 Å². The van der Waals surface area contributed by atoms with E-state index in [1.54, 1.807) is 6.07 Å². The zero-order valence-corrected chi connectivity index (χ0v) is 14.6. The van der Waals surface area contributed by atoms with Crippen LogP contribution in [0.5, 0.6) is 0 Å². The zero-order valence-electron chi connectivity index (χ0n) is 14.6. The van der Waals surface area contributed by atoms with Crippen molar-refractivity contribution in [2.24, 2.45) is 16.7 Å². The third kappa shape index (κ3) is 1.88. The molecule has 2 N–H and O–H groups in total. The smallest absolute Gasteiger partial charge is 0.334 e. The minimum atomic E-state index is -1.09. The molecule has 3 heterocycles. The van der Waals surface area contributed by atoms with Crippen LogP contribution in [0.1, 0.15) is 30.9 Å². The summed E-state index contributed by atoms with van der Waals surface area (Å²) in [5, 5.41) is 20.8. The molecule has 2 aliphatic heterocycles. The summed E-state index contributed by atoms with van der Waals surface area (Å²) < 4.78 is 16.3. The maximum Gasteiger partial charge on any atom is 0.334 e. The third-order valence-corrected chi connectivity index (χ3v) is 6.96. The number of aliphatic hydroxyl groups excluding tert-OH is 2. The molecule has 27 heavy (non-hydrogen) atoms. The second-order valence-corrected chi connectivity index (χ2v) is 7.96. The Balaban J connectivity index is 1.66. The number of hydrogen-bond donors (Lipinski definition) is 2. The molecule has 0 radical (unpaired) electrons. The van der Waals surface area contributed by atoms with Crippen LogP contribution in [0.25, 0.3) is 0 Å². The van der Waals surface area contributed by atoms with Crippen molar-refractivity contribution in [1.29, 1.82) is 0 Å². The summed E-state index contributed by atoms with van der Waals surface area (Å²) in [4.78, 5) is 25.6. The summed E-state index contributed by atoms with van der Waals surface area (Å²) in [6.45, 7) is 3.80. The summed E-state index contributed by atoms with van der Waals surface area (Å²) in [6, 6.07) is 1.75. The monoisotopic (exact) mass is 372 g/mol. The van der Waals surface area contributed by atoms with Crippen molar-refractivity contribution in [2.45, 2.75) is 37.6 Å². The van der Waals surface area contributed by atoms with Gasteiger partial charge in [0.25, 0.3) is 0 Å². The van der Waals surface area contributed by atoms with E-state index in [2.05, 4.69) is 6.58 Å². The van der Waals surface area contributed by atoms with Gasteiger partial charge in [-0.25, -0.2) is 4.79 Å². The van der Waals surface area contributed by atoms with Gasteiger partial charge in [0.1, 0.15) is 12.2 Å². The molecule has 0 bridgehead atoms. The normalized spacial score (nSPS) is 42.7. The van der Waals surface area contributed by atoms with Gasteiger partial charge in [0.2, 0.25) is 0 Å². The minimum Gasteiger partial charge on any atom is -0.472 e. The number of hydrogen-bond acceptors (Lipinski definition) is 7. The van der Waals surface area contributed by atoms with Crippen LogP contribution in [0.15, 0.2) is 46.8 Å². The van der Waals surface area contributed by atoms with Gasteiger partial charge in [-0.2, -0.15) is 0 Å². The predicted octanol–water partition coefficient (Wildman–Crippen LogP) is 1.43. The molecule has 7 heteroatoms. The van der Waals surface area contributed by atoms with E-state index in [-0.39, 0.29) is 25.0 Å². The number of carbonyl (C=O) groups is 2. The van der Waals surface area contributed by atoms with Crippen LogP contribution in [0.3, 0.4) is 0 Å². The lowest BCUT2D eigenvalue weighted by molar-refractivity contribution is -0.159. The first kappa shape index (κ1) is 16.8. The van der Waals surface area contributed by atoms with Crippen molar-refractivity contribution in [3.8, 4) is 0 Å². The van der Waals surface area contributed by atoms with Gasteiger partial charge >= 0.3 is 11.9 Å². The molecule has 1 aromatic rings. The van der Waals surface area contributed by atoms with E-state index in [4.69, 9.17) is 13.9 Å². The minimum absolute atomic E-state index is 0.226. The van der Waals surface area contributed by atoms with E-state index in [1.807, 2.05) is 0 Å². The molecular weight excluding hydrogens is 352 g/mol. The molecular formula is C20H20O7. The van der Waals surface area contributed by atoms with Crippen LogP contribution in [-0.4, -0.2) is 41.0 Å². The topological polar surface area (TPSA) is 106 Å². The van der Waals surface area contributed by atoms with E-state index < -0.39 is 47.0 Å². The Morgan fingerprint density at radius 1 is 1.30 bits per heavy atom. The maximum absolute atomic E-state index is 13.2. The van der Waals surface area contributed by atoms with Gasteiger partial charge in [-0.3, -0.25) is 4.79 Å². The number of carbonyl (C=O) groups excluding carboxylic acids is 2. The average molecular weight is 372 g/mol. The number of fused-ring (bicyclic) bond motifs is 1. The lowest BCUT2D eigenvalue weighted by Crippen LogP contribution is -2.59. The van der Waals surface area contributed by atoms with Crippen LogP contribution in [0, 0.1) is 16.7 Å². The summed E-state index contributed by atoms with van der Waals surface area (Å²) in [7, 11) is 0. The molecule has 0 unspecified atom stereocenters. The molecule has 0 amide bonds. The number of esters is 2. The summed E-state index contributed by atoms with van der Waals surface area (Å²) in [6.07, 6.45) is 3.37. The Morgan fingerprint density at radius 2 is 2.11 bits per heavy atom. The molecule has 142 valence electrons. The van der Waals surface area contributed by atoms with Crippen LogP contribution >= 0.6 is 0 Å². The molecule has 7 nitrogen and oxygen atoms in total. The number of cyclic esters (lactones) is 1. The third-order valence-electron chi connectivity index (χ3n) is 6.96. The maximum atomic E-state index is 13.2. The highest BCUT2D eigenvalue weighted by atomic mass is 16.6. The standard InChI is InChI=1S/C20H20O7/c1-10-4-16-20(9-21)13(17(23)27-16)5-12(22)6-15(20)19(10)7-14(26-18(19)24)11-2-3-25-8-11/h2-3,5,8,12,14-16,21-22H,1,4,6-7,9H2/t12-,14+,15-,16-,19-,20+/m1/s1. The Hall–Kier alpha value is -2.38. The fourth-order valence-electron chi connectivity index (χ4n) is 5.69. The van der Waals surface area contributed by atoms with Gasteiger partial charge in [-0.05, 0) is 24.5 Å². The highest BCUT2D eigenvalue weighted by Crippen LogP contribution is 2.67. The van der Waals surface area contributed by atoms with Gasteiger partial charge in [0.15, 0.2) is 0 Å². The highest BCUT2D eigenvalue weighted by Gasteiger charge is 2.72. The molecule has 2 aliphatic carbocycles. The molecule has 5 rings (SSSR count).